The van der Waals surface area contributed by atoms with Crippen molar-refractivity contribution in [3.8, 4) is 5.75 Å². The topological polar surface area (TPSA) is 82.6 Å². The summed E-state index contributed by atoms with van der Waals surface area (Å²) in [5.74, 6) is 1.12. The van der Waals surface area contributed by atoms with Gasteiger partial charge >= 0.3 is 6.18 Å². The zero-order valence-electron chi connectivity index (χ0n) is 16.9. The summed E-state index contributed by atoms with van der Waals surface area (Å²) in [5, 5.41) is 6.28. The van der Waals surface area contributed by atoms with Crippen molar-refractivity contribution in [2.24, 2.45) is 0 Å². The lowest BCUT2D eigenvalue weighted by molar-refractivity contribution is -0.150. The third-order valence-electron chi connectivity index (χ3n) is 4.91. The van der Waals surface area contributed by atoms with Crippen LogP contribution in [0.3, 0.4) is 0 Å². The standard InChI is InChI=1S/C19H22ClF3N6O2/c1-24-17-13(20)9-25-18(27-17)26-16-14(4-3-5-15(16)31-2)28-6-7-29(11-30)12(10-28)8-19(21,22)23/h3-5,9,11-12H,6-8,10H2,1-2H3,(H2,24,25,26,27). The first kappa shape index (κ1) is 22.7. The van der Waals surface area contributed by atoms with Gasteiger partial charge in [-0.2, -0.15) is 18.2 Å². The molecule has 2 heterocycles. The minimum atomic E-state index is -4.38. The van der Waals surface area contributed by atoms with Crippen molar-refractivity contribution in [3.63, 3.8) is 0 Å². The third kappa shape index (κ3) is 5.40. The van der Waals surface area contributed by atoms with Gasteiger partial charge in [0, 0.05) is 26.7 Å². The van der Waals surface area contributed by atoms with Gasteiger partial charge in [0.05, 0.1) is 31.5 Å². The van der Waals surface area contributed by atoms with Gasteiger partial charge in [0.25, 0.3) is 0 Å². The van der Waals surface area contributed by atoms with Crippen LogP contribution in [0.25, 0.3) is 0 Å². The quantitative estimate of drug-likeness (QED) is 0.614. The van der Waals surface area contributed by atoms with E-state index in [9.17, 15) is 18.0 Å². The fourth-order valence-electron chi connectivity index (χ4n) is 3.47. The second-order valence-corrected chi connectivity index (χ2v) is 7.29. The molecule has 0 saturated carbocycles. The molecule has 1 atom stereocenters. The Bertz CT molecular complexity index is 930. The molecule has 1 aliphatic heterocycles. The number of piperazine rings is 1. The van der Waals surface area contributed by atoms with Gasteiger partial charge in [-0.3, -0.25) is 4.79 Å². The van der Waals surface area contributed by atoms with E-state index in [2.05, 4.69) is 20.6 Å². The van der Waals surface area contributed by atoms with Crippen LogP contribution >= 0.6 is 11.6 Å². The second-order valence-electron chi connectivity index (χ2n) is 6.88. The summed E-state index contributed by atoms with van der Waals surface area (Å²) < 4.78 is 44.6. The van der Waals surface area contributed by atoms with Crippen LogP contribution in [0.5, 0.6) is 5.75 Å². The number of hydrogen-bond acceptors (Lipinski definition) is 7. The molecule has 2 N–H and O–H groups in total. The van der Waals surface area contributed by atoms with Gasteiger partial charge in [0.1, 0.15) is 22.3 Å². The van der Waals surface area contributed by atoms with E-state index in [1.54, 1.807) is 30.1 Å². The predicted molar refractivity (Wildman–Crippen MR) is 112 cm³/mol. The van der Waals surface area contributed by atoms with Crippen molar-refractivity contribution in [1.82, 2.24) is 14.9 Å². The summed E-state index contributed by atoms with van der Waals surface area (Å²) >= 11 is 6.03. The lowest BCUT2D eigenvalue weighted by atomic mass is 10.1. The molecule has 0 aliphatic carbocycles. The average molecular weight is 459 g/mol. The summed E-state index contributed by atoms with van der Waals surface area (Å²) in [7, 11) is 3.16. The van der Waals surface area contributed by atoms with Gasteiger partial charge in [-0.15, -0.1) is 0 Å². The Labute approximate surface area is 182 Å². The number of alkyl halides is 3. The number of ether oxygens (including phenoxy) is 1. The fraction of sp³-hybridized carbons (Fsp3) is 0.421. The molecule has 8 nitrogen and oxygen atoms in total. The monoisotopic (exact) mass is 458 g/mol. The molecule has 0 spiro atoms. The van der Waals surface area contributed by atoms with Gasteiger partial charge in [0.15, 0.2) is 0 Å². The van der Waals surface area contributed by atoms with Crippen molar-refractivity contribution in [1.29, 1.82) is 0 Å². The Morgan fingerprint density at radius 3 is 2.77 bits per heavy atom. The number of hydrogen-bond donors (Lipinski definition) is 2. The SMILES string of the molecule is CNc1nc(Nc2c(OC)cccc2N2CCN(C=O)C(CC(F)(F)F)C2)ncc1Cl. The highest BCUT2D eigenvalue weighted by Gasteiger charge is 2.38. The number of methoxy groups -OCH3 is 1. The summed E-state index contributed by atoms with van der Waals surface area (Å²) in [6.45, 7) is 0.545. The maximum atomic E-state index is 13.0. The summed E-state index contributed by atoms with van der Waals surface area (Å²) in [4.78, 5) is 22.7. The van der Waals surface area contributed by atoms with E-state index >= 15 is 0 Å². The van der Waals surface area contributed by atoms with Crippen molar-refractivity contribution in [2.75, 3.05) is 49.3 Å². The Balaban J connectivity index is 1.93. The predicted octanol–water partition coefficient (Wildman–Crippen LogP) is 3.52. The molecule has 1 aromatic heterocycles. The first-order valence-electron chi connectivity index (χ1n) is 9.42. The molecule has 12 heteroatoms. The number of carbonyl (C=O) groups excluding carboxylic acids is 1. The lowest BCUT2D eigenvalue weighted by Gasteiger charge is -2.41. The minimum Gasteiger partial charge on any atom is -0.494 e. The normalized spacial score (nSPS) is 16.8. The molecular weight excluding hydrogens is 437 g/mol. The highest BCUT2D eigenvalue weighted by molar-refractivity contribution is 6.32. The molecule has 1 aromatic carbocycles. The molecular formula is C19H22ClF3N6O2. The second kappa shape index (κ2) is 9.46. The fourth-order valence-corrected chi connectivity index (χ4v) is 3.65. The van der Waals surface area contributed by atoms with E-state index in [-0.39, 0.29) is 19.0 Å². The third-order valence-corrected chi connectivity index (χ3v) is 5.19. The van der Waals surface area contributed by atoms with Crippen molar-refractivity contribution >= 4 is 41.2 Å². The number of anilines is 4. The molecule has 1 amide bonds. The van der Waals surface area contributed by atoms with E-state index < -0.39 is 18.6 Å². The van der Waals surface area contributed by atoms with Crippen LogP contribution < -0.4 is 20.3 Å². The van der Waals surface area contributed by atoms with Crippen LogP contribution in [0.15, 0.2) is 24.4 Å². The molecule has 168 valence electrons. The number of para-hydroxylation sites is 1. The minimum absolute atomic E-state index is 0.0172. The molecule has 1 aliphatic rings. The summed E-state index contributed by atoms with van der Waals surface area (Å²) in [6.07, 6.45) is -3.56. The van der Waals surface area contributed by atoms with Crippen LogP contribution in [-0.2, 0) is 4.79 Å². The van der Waals surface area contributed by atoms with Gasteiger partial charge < -0.3 is 25.2 Å². The maximum absolute atomic E-state index is 13.0. The van der Waals surface area contributed by atoms with Crippen LogP contribution in [0.4, 0.5) is 36.3 Å². The zero-order chi connectivity index (χ0) is 22.6. The average Bonchev–Trinajstić information content (AvgIpc) is 2.74. The highest BCUT2D eigenvalue weighted by atomic mass is 35.5. The van der Waals surface area contributed by atoms with Crippen molar-refractivity contribution < 1.29 is 22.7 Å². The maximum Gasteiger partial charge on any atom is 0.391 e. The number of aromatic nitrogens is 2. The van der Waals surface area contributed by atoms with E-state index in [4.69, 9.17) is 16.3 Å². The van der Waals surface area contributed by atoms with E-state index in [1.165, 1.54) is 18.2 Å². The van der Waals surface area contributed by atoms with Gasteiger partial charge in [-0.25, -0.2) is 4.98 Å². The Morgan fingerprint density at radius 2 is 2.13 bits per heavy atom. The first-order valence-corrected chi connectivity index (χ1v) is 9.80. The molecule has 1 saturated heterocycles. The van der Waals surface area contributed by atoms with Crippen LogP contribution in [0.1, 0.15) is 6.42 Å². The largest absolute Gasteiger partial charge is 0.494 e. The van der Waals surface area contributed by atoms with Crippen LogP contribution in [0.2, 0.25) is 5.02 Å². The van der Waals surface area contributed by atoms with E-state index in [0.717, 1.165) is 0 Å². The van der Waals surface area contributed by atoms with Crippen molar-refractivity contribution in [3.05, 3.63) is 29.4 Å². The molecule has 2 aromatic rings. The number of halogens is 4. The number of nitrogens with zero attached hydrogens (tertiary/aromatic N) is 4. The summed E-state index contributed by atoms with van der Waals surface area (Å²) in [6, 6.07) is 4.23. The van der Waals surface area contributed by atoms with Gasteiger partial charge in [-0.1, -0.05) is 17.7 Å². The zero-order valence-corrected chi connectivity index (χ0v) is 17.7. The van der Waals surface area contributed by atoms with Crippen molar-refractivity contribution in [2.45, 2.75) is 18.6 Å². The summed E-state index contributed by atoms with van der Waals surface area (Å²) in [5.41, 5.74) is 1.11. The Hall–Kier alpha value is -2.95. The van der Waals surface area contributed by atoms with Gasteiger partial charge in [0.2, 0.25) is 12.4 Å². The first-order chi connectivity index (χ1) is 14.8. The molecule has 1 unspecified atom stereocenters. The highest BCUT2D eigenvalue weighted by Crippen LogP contribution is 2.38. The Kier molecular flexibility index (Phi) is 6.94. The number of amides is 1. The van der Waals surface area contributed by atoms with E-state index in [1.807, 2.05) is 0 Å². The molecule has 0 bridgehead atoms. The molecule has 0 radical (unpaired) electrons. The van der Waals surface area contributed by atoms with E-state index in [0.29, 0.717) is 40.9 Å². The molecule has 1 fully saturated rings. The number of carbonyl (C=O) groups is 1. The number of nitrogens with one attached hydrogen (secondary N) is 2. The van der Waals surface area contributed by atoms with Gasteiger partial charge in [-0.05, 0) is 12.1 Å². The molecule has 31 heavy (non-hydrogen) atoms. The number of rotatable bonds is 7. The smallest absolute Gasteiger partial charge is 0.391 e. The molecule has 3 rings (SSSR count). The number of benzene rings is 1. The Morgan fingerprint density at radius 1 is 1.35 bits per heavy atom. The van der Waals surface area contributed by atoms with Crippen LogP contribution in [0, 0.1) is 0 Å². The lowest BCUT2D eigenvalue weighted by Crippen LogP contribution is -2.54. The van der Waals surface area contributed by atoms with Crippen LogP contribution in [-0.4, -0.2) is 67.3 Å².